The second-order valence-corrected chi connectivity index (χ2v) is 6.06. The van der Waals surface area contributed by atoms with Gasteiger partial charge in [0.1, 0.15) is 5.75 Å². The molecule has 118 valence electrons. The van der Waals surface area contributed by atoms with Crippen molar-refractivity contribution < 1.29 is 18.3 Å². The Kier molecular flexibility index (Phi) is 3.67. The number of nitrogens with zero attached hydrogens (tertiary/aromatic N) is 3. The number of hydrogen-bond acceptors (Lipinski definition) is 5. The van der Waals surface area contributed by atoms with E-state index in [1.54, 1.807) is 4.57 Å². The maximum Gasteiger partial charge on any atom is 0.416 e. The van der Waals surface area contributed by atoms with Crippen molar-refractivity contribution in [2.24, 2.45) is 0 Å². The van der Waals surface area contributed by atoms with E-state index < -0.39 is 17.5 Å². The Morgan fingerprint density at radius 1 is 1.27 bits per heavy atom. The first-order valence-electron chi connectivity index (χ1n) is 6.58. The predicted octanol–water partition coefficient (Wildman–Crippen LogP) is 3.21. The van der Waals surface area contributed by atoms with Crippen molar-refractivity contribution in [3.63, 3.8) is 0 Å². The maximum absolute atomic E-state index is 12.7. The van der Waals surface area contributed by atoms with Crippen LogP contribution in [0.4, 0.5) is 19.1 Å². The number of phenols is 1. The van der Waals surface area contributed by atoms with Crippen LogP contribution in [-0.2, 0) is 11.9 Å². The Balaban J connectivity index is 1.78. The van der Waals surface area contributed by atoms with Crippen molar-refractivity contribution in [1.29, 1.82) is 0 Å². The van der Waals surface area contributed by atoms with Gasteiger partial charge in [0.25, 0.3) is 0 Å². The van der Waals surface area contributed by atoms with E-state index in [-0.39, 0.29) is 11.8 Å². The largest absolute Gasteiger partial charge is 0.508 e. The standard InChI is InChI=1S/C13H13F3N4OS/c14-13(15,16)8-3-7(4-10(21)5-8)6-22-12-19-18-11(17)20(12)9-1-2-9/h3-5,9,21H,1-2,6H2,(H2,17,18). The Hall–Kier alpha value is -1.90. The summed E-state index contributed by atoms with van der Waals surface area (Å²) in [6, 6.07) is 3.32. The third kappa shape index (κ3) is 3.13. The summed E-state index contributed by atoms with van der Waals surface area (Å²) >= 11 is 1.25. The van der Waals surface area contributed by atoms with Crippen LogP contribution in [0.3, 0.4) is 0 Å². The number of rotatable bonds is 4. The van der Waals surface area contributed by atoms with E-state index in [1.807, 2.05) is 0 Å². The molecule has 9 heteroatoms. The van der Waals surface area contributed by atoms with E-state index in [0.29, 0.717) is 22.7 Å². The number of nitrogens with two attached hydrogens (primary N) is 1. The van der Waals surface area contributed by atoms with Crippen LogP contribution in [0.25, 0.3) is 0 Å². The molecule has 3 N–H and O–H groups in total. The van der Waals surface area contributed by atoms with Crippen molar-refractivity contribution in [2.45, 2.75) is 36.0 Å². The highest BCUT2D eigenvalue weighted by Gasteiger charge is 2.32. The molecule has 5 nitrogen and oxygen atoms in total. The van der Waals surface area contributed by atoms with E-state index in [1.165, 1.54) is 17.8 Å². The molecule has 1 heterocycles. The first-order chi connectivity index (χ1) is 10.3. The highest BCUT2D eigenvalue weighted by molar-refractivity contribution is 7.98. The van der Waals surface area contributed by atoms with Gasteiger partial charge in [0.15, 0.2) is 5.16 Å². The van der Waals surface area contributed by atoms with Crippen LogP contribution in [0, 0.1) is 0 Å². The molecule has 1 saturated carbocycles. The average molecular weight is 330 g/mol. The fourth-order valence-electron chi connectivity index (χ4n) is 2.13. The van der Waals surface area contributed by atoms with E-state index in [9.17, 15) is 18.3 Å². The normalized spacial score (nSPS) is 15.2. The molecule has 0 amide bonds. The van der Waals surface area contributed by atoms with E-state index in [0.717, 1.165) is 18.9 Å². The summed E-state index contributed by atoms with van der Waals surface area (Å²) in [5.41, 5.74) is 5.24. The van der Waals surface area contributed by atoms with Gasteiger partial charge in [-0.3, -0.25) is 4.57 Å². The fourth-order valence-corrected chi connectivity index (χ4v) is 3.07. The molecular formula is C13H13F3N4OS. The maximum atomic E-state index is 12.7. The van der Waals surface area contributed by atoms with Crippen LogP contribution in [0.15, 0.2) is 23.4 Å². The third-order valence-corrected chi connectivity index (χ3v) is 4.29. The van der Waals surface area contributed by atoms with Gasteiger partial charge < -0.3 is 10.8 Å². The van der Waals surface area contributed by atoms with Crippen molar-refractivity contribution in [2.75, 3.05) is 5.73 Å². The fraction of sp³-hybridized carbons (Fsp3) is 0.385. The zero-order chi connectivity index (χ0) is 15.9. The molecular weight excluding hydrogens is 317 g/mol. The van der Waals surface area contributed by atoms with Gasteiger partial charge in [0, 0.05) is 11.8 Å². The molecule has 1 aromatic heterocycles. The highest BCUT2D eigenvalue weighted by Crippen LogP contribution is 2.40. The van der Waals surface area contributed by atoms with Gasteiger partial charge in [0.2, 0.25) is 5.95 Å². The van der Waals surface area contributed by atoms with Crippen molar-refractivity contribution in [3.05, 3.63) is 29.3 Å². The van der Waals surface area contributed by atoms with Gasteiger partial charge in [-0.2, -0.15) is 13.2 Å². The van der Waals surface area contributed by atoms with E-state index in [2.05, 4.69) is 10.2 Å². The number of thioether (sulfide) groups is 1. The molecule has 0 atom stereocenters. The minimum atomic E-state index is -4.49. The molecule has 3 rings (SSSR count). The Bertz CT molecular complexity index is 697. The molecule has 1 fully saturated rings. The van der Waals surface area contributed by atoms with Gasteiger partial charge in [-0.15, -0.1) is 10.2 Å². The Morgan fingerprint density at radius 2 is 2.00 bits per heavy atom. The lowest BCUT2D eigenvalue weighted by atomic mass is 10.1. The first-order valence-corrected chi connectivity index (χ1v) is 7.56. The van der Waals surface area contributed by atoms with Crippen molar-refractivity contribution in [1.82, 2.24) is 14.8 Å². The summed E-state index contributed by atoms with van der Waals surface area (Å²) in [5.74, 6) is 0.146. The first kappa shape index (κ1) is 15.0. The lowest BCUT2D eigenvalue weighted by Crippen LogP contribution is -2.05. The number of alkyl halides is 3. The second-order valence-electron chi connectivity index (χ2n) is 5.12. The molecule has 0 saturated heterocycles. The minimum Gasteiger partial charge on any atom is -0.508 e. The summed E-state index contributed by atoms with van der Waals surface area (Å²) in [7, 11) is 0. The third-order valence-electron chi connectivity index (χ3n) is 3.28. The number of benzene rings is 1. The molecule has 1 aliphatic carbocycles. The number of aromatic nitrogens is 3. The number of halogens is 3. The predicted molar refractivity (Wildman–Crippen MR) is 75.4 cm³/mol. The molecule has 0 bridgehead atoms. The van der Waals surface area contributed by atoms with Gasteiger partial charge in [0.05, 0.1) is 5.56 Å². The highest BCUT2D eigenvalue weighted by atomic mass is 32.2. The summed E-state index contributed by atoms with van der Waals surface area (Å²) in [5, 5.41) is 17.8. The zero-order valence-electron chi connectivity index (χ0n) is 11.3. The number of hydrogen-bond donors (Lipinski definition) is 2. The number of phenolic OH excluding ortho intramolecular Hbond substituents is 1. The monoisotopic (exact) mass is 330 g/mol. The van der Waals surface area contributed by atoms with Crippen LogP contribution in [0.1, 0.15) is 30.0 Å². The van der Waals surface area contributed by atoms with Crippen LogP contribution in [-0.4, -0.2) is 19.9 Å². The minimum absolute atomic E-state index is 0.238. The number of anilines is 1. The zero-order valence-corrected chi connectivity index (χ0v) is 12.2. The molecule has 22 heavy (non-hydrogen) atoms. The van der Waals surface area contributed by atoms with E-state index in [4.69, 9.17) is 5.73 Å². The second kappa shape index (κ2) is 5.38. The van der Waals surface area contributed by atoms with Crippen LogP contribution in [0.2, 0.25) is 0 Å². The van der Waals surface area contributed by atoms with Crippen LogP contribution < -0.4 is 5.73 Å². The number of nitrogen functional groups attached to an aromatic ring is 1. The Morgan fingerprint density at radius 3 is 2.64 bits per heavy atom. The van der Waals surface area contributed by atoms with Crippen LogP contribution >= 0.6 is 11.8 Å². The molecule has 1 aromatic carbocycles. The SMILES string of the molecule is Nc1nnc(SCc2cc(O)cc(C(F)(F)F)c2)n1C1CC1. The van der Waals surface area contributed by atoms with Crippen molar-refractivity contribution >= 4 is 17.7 Å². The van der Waals surface area contributed by atoms with Gasteiger partial charge in [-0.25, -0.2) is 0 Å². The molecule has 0 unspecified atom stereocenters. The molecule has 0 aliphatic heterocycles. The lowest BCUT2D eigenvalue weighted by Gasteiger charge is -2.10. The topological polar surface area (TPSA) is 77.0 Å². The molecule has 0 radical (unpaired) electrons. The molecule has 2 aromatic rings. The molecule has 0 spiro atoms. The summed E-state index contributed by atoms with van der Waals surface area (Å²) < 4.78 is 40.0. The van der Waals surface area contributed by atoms with E-state index >= 15 is 0 Å². The number of aromatic hydroxyl groups is 1. The quantitative estimate of drug-likeness (QED) is 0.842. The molecule has 1 aliphatic rings. The van der Waals surface area contributed by atoms with Gasteiger partial charge in [-0.1, -0.05) is 11.8 Å². The smallest absolute Gasteiger partial charge is 0.416 e. The van der Waals surface area contributed by atoms with Crippen molar-refractivity contribution in [3.8, 4) is 5.75 Å². The van der Waals surface area contributed by atoms with Crippen LogP contribution in [0.5, 0.6) is 5.75 Å². The summed E-state index contributed by atoms with van der Waals surface area (Å²) in [4.78, 5) is 0. The Labute approximate surface area is 128 Å². The lowest BCUT2D eigenvalue weighted by molar-refractivity contribution is -0.137. The summed E-state index contributed by atoms with van der Waals surface area (Å²) in [6.07, 6.45) is -2.49. The van der Waals surface area contributed by atoms with Gasteiger partial charge >= 0.3 is 6.18 Å². The summed E-state index contributed by atoms with van der Waals surface area (Å²) in [6.45, 7) is 0. The average Bonchev–Trinajstić information content (AvgIpc) is 3.19. The van der Waals surface area contributed by atoms with Gasteiger partial charge in [-0.05, 0) is 36.6 Å².